The quantitative estimate of drug-likeness (QED) is 0.843. The molecule has 1 aliphatic rings. The molecule has 25 heavy (non-hydrogen) atoms. The molecule has 132 valence electrons. The van der Waals surface area contributed by atoms with E-state index in [-0.39, 0.29) is 17.1 Å². The number of carbonyl (C=O) groups excluding carboxylic acids is 1. The van der Waals surface area contributed by atoms with E-state index in [2.05, 4.69) is 22.2 Å². The summed E-state index contributed by atoms with van der Waals surface area (Å²) in [5.41, 5.74) is -0.164. The van der Waals surface area contributed by atoms with Crippen LogP contribution in [0.15, 0.2) is 35.3 Å². The van der Waals surface area contributed by atoms with Crippen molar-refractivity contribution in [1.82, 2.24) is 15.3 Å². The van der Waals surface area contributed by atoms with Crippen molar-refractivity contribution in [1.29, 1.82) is 0 Å². The molecule has 1 saturated carbocycles. The van der Waals surface area contributed by atoms with Crippen LogP contribution in [-0.2, 0) is 6.42 Å². The highest BCUT2D eigenvalue weighted by molar-refractivity contribution is 5.90. The van der Waals surface area contributed by atoms with Crippen molar-refractivity contribution < 1.29 is 13.6 Å². The molecule has 1 amide bonds. The molecule has 1 aromatic heterocycles. The van der Waals surface area contributed by atoms with Gasteiger partial charge in [0, 0.05) is 6.54 Å². The van der Waals surface area contributed by atoms with E-state index in [9.17, 15) is 18.4 Å². The first-order chi connectivity index (χ1) is 11.9. The van der Waals surface area contributed by atoms with E-state index in [1.807, 2.05) is 0 Å². The molecule has 1 unspecified atom stereocenters. The minimum absolute atomic E-state index is 0.187. The van der Waals surface area contributed by atoms with Gasteiger partial charge in [0.2, 0.25) is 5.82 Å². The molecular weight excluding hydrogens is 328 g/mol. The zero-order valence-electron chi connectivity index (χ0n) is 13.8. The van der Waals surface area contributed by atoms with Crippen LogP contribution in [0.1, 0.15) is 35.9 Å². The highest BCUT2D eigenvalue weighted by Gasteiger charge is 2.41. The Bertz CT molecular complexity index is 831. The Morgan fingerprint density at radius 1 is 1.32 bits per heavy atom. The lowest BCUT2D eigenvalue weighted by atomic mass is 9.79. The molecule has 1 fully saturated rings. The number of rotatable bonds is 6. The summed E-state index contributed by atoms with van der Waals surface area (Å²) in [4.78, 5) is 29.2. The SMILES string of the molecule is CC(CNC(=O)c1ncc(F)c(=O)[nH]1)(Cc1ccc(F)cc1)C1CC1. The van der Waals surface area contributed by atoms with Gasteiger partial charge in [0.1, 0.15) is 5.82 Å². The Labute approximate surface area is 143 Å². The summed E-state index contributed by atoms with van der Waals surface area (Å²) in [6.07, 6.45) is 3.59. The fraction of sp³-hybridized carbons (Fsp3) is 0.389. The Morgan fingerprint density at radius 2 is 2.00 bits per heavy atom. The van der Waals surface area contributed by atoms with Crippen LogP contribution in [0, 0.1) is 23.0 Å². The third kappa shape index (κ3) is 4.10. The molecule has 1 atom stereocenters. The van der Waals surface area contributed by atoms with E-state index in [1.165, 1.54) is 12.1 Å². The summed E-state index contributed by atoms with van der Waals surface area (Å²) in [6, 6.07) is 6.34. The minimum Gasteiger partial charge on any atom is -0.349 e. The maximum Gasteiger partial charge on any atom is 0.287 e. The van der Waals surface area contributed by atoms with Gasteiger partial charge in [-0.15, -0.1) is 0 Å². The second-order valence-corrected chi connectivity index (χ2v) is 6.82. The average Bonchev–Trinajstić information content (AvgIpc) is 3.43. The predicted molar refractivity (Wildman–Crippen MR) is 88.1 cm³/mol. The smallest absolute Gasteiger partial charge is 0.287 e. The van der Waals surface area contributed by atoms with Crippen molar-refractivity contribution in [2.75, 3.05) is 6.54 Å². The Hall–Kier alpha value is -2.57. The average molecular weight is 347 g/mol. The summed E-state index contributed by atoms with van der Waals surface area (Å²) in [6.45, 7) is 2.46. The zero-order valence-corrected chi connectivity index (χ0v) is 13.8. The number of nitrogens with one attached hydrogen (secondary N) is 2. The fourth-order valence-electron chi connectivity index (χ4n) is 3.06. The van der Waals surface area contributed by atoms with E-state index >= 15 is 0 Å². The highest BCUT2D eigenvalue weighted by atomic mass is 19.1. The standard InChI is InChI=1S/C18H19F2N3O2/c1-18(12-4-5-12,8-11-2-6-13(19)7-3-11)10-22-17(25)15-21-9-14(20)16(24)23-15/h2-3,6-7,9,12H,4-5,8,10H2,1H3,(H,22,25)(H,21,23,24). The molecule has 2 N–H and O–H groups in total. The summed E-state index contributed by atoms with van der Waals surface area (Å²) in [5, 5.41) is 2.77. The van der Waals surface area contributed by atoms with Crippen molar-refractivity contribution in [3.63, 3.8) is 0 Å². The molecule has 3 rings (SSSR count). The van der Waals surface area contributed by atoms with Crippen LogP contribution < -0.4 is 10.9 Å². The largest absolute Gasteiger partial charge is 0.349 e. The number of halogens is 2. The molecule has 5 nitrogen and oxygen atoms in total. The number of carbonyl (C=O) groups is 1. The molecule has 1 heterocycles. The summed E-state index contributed by atoms with van der Waals surface area (Å²) < 4.78 is 26.0. The highest BCUT2D eigenvalue weighted by Crippen LogP contribution is 2.47. The van der Waals surface area contributed by atoms with Crippen LogP contribution in [0.2, 0.25) is 0 Å². The number of benzene rings is 1. The lowest BCUT2D eigenvalue weighted by Gasteiger charge is -2.30. The summed E-state index contributed by atoms with van der Waals surface area (Å²) in [5.74, 6) is -1.61. The molecule has 1 aliphatic carbocycles. The van der Waals surface area contributed by atoms with Gasteiger partial charge in [-0.1, -0.05) is 19.1 Å². The first kappa shape index (κ1) is 17.3. The lowest BCUT2D eigenvalue weighted by molar-refractivity contribution is 0.0915. The molecule has 0 saturated heterocycles. The van der Waals surface area contributed by atoms with Gasteiger partial charge in [-0.25, -0.2) is 9.37 Å². The first-order valence-corrected chi connectivity index (χ1v) is 8.15. The van der Waals surface area contributed by atoms with E-state index in [0.717, 1.165) is 24.6 Å². The number of hydrogen-bond acceptors (Lipinski definition) is 3. The minimum atomic E-state index is -1.03. The van der Waals surface area contributed by atoms with E-state index in [4.69, 9.17) is 0 Å². The summed E-state index contributed by atoms with van der Waals surface area (Å²) in [7, 11) is 0. The van der Waals surface area contributed by atoms with Crippen molar-refractivity contribution in [2.45, 2.75) is 26.2 Å². The predicted octanol–water partition coefficient (Wildman–Crippen LogP) is 2.44. The van der Waals surface area contributed by atoms with Gasteiger partial charge < -0.3 is 5.32 Å². The Morgan fingerprint density at radius 3 is 2.60 bits per heavy atom. The van der Waals surface area contributed by atoms with Gasteiger partial charge in [-0.2, -0.15) is 4.39 Å². The molecule has 2 aromatic rings. The molecule has 0 bridgehead atoms. The molecule has 1 aromatic carbocycles. The van der Waals surface area contributed by atoms with Crippen LogP contribution in [0.4, 0.5) is 8.78 Å². The maximum absolute atomic E-state index is 13.1. The Balaban J connectivity index is 1.69. The number of nitrogens with zero attached hydrogens (tertiary/aromatic N) is 1. The number of aromatic amines is 1. The lowest BCUT2D eigenvalue weighted by Crippen LogP contribution is -2.39. The normalized spacial score (nSPS) is 16.3. The van der Waals surface area contributed by atoms with Crippen molar-refractivity contribution >= 4 is 5.91 Å². The van der Waals surface area contributed by atoms with Crippen LogP contribution in [-0.4, -0.2) is 22.4 Å². The third-order valence-corrected chi connectivity index (χ3v) is 4.71. The van der Waals surface area contributed by atoms with Crippen molar-refractivity contribution in [3.8, 4) is 0 Å². The second kappa shape index (κ2) is 6.74. The summed E-state index contributed by atoms with van der Waals surface area (Å²) >= 11 is 0. The first-order valence-electron chi connectivity index (χ1n) is 8.15. The van der Waals surface area contributed by atoms with Crippen LogP contribution in [0.3, 0.4) is 0 Å². The zero-order chi connectivity index (χ0) is 18.0. The topological polar surface area (TPSA) is 74.8 Å². The van der Waals surface area contributed by atoms with Gasteiger partial charge in [0.25, 0.3) is 11.5 Å². The number of amides is 1. The van der Waals surface area contributed by atoms with Gasteiger partial charge >= 0.3 is 0 Å². The van der Waals surface area contributed by atoms with Crippen LogP contribution in [0.25, 0.3) is 0 Å². The van der Waals surface area contributed by atoms with Crippen LogP contribution >= 0.6 is 0 Å². The van der Waals surface area contributed by atoms with E-state index in [1.54, 1.807) is 12.1 Å². The maximum atomic E-state index is 13.1. The molecule has 0 radical (unpaired) electrons. The Kier molecular flexibility index (Phi) is 4.65. The number of hydrogen-bond donors (Lipinski definition) is 2. The van der Waals surface area contributed by atoms with Crippen molar-refractivity contribution in [3.05, 3.63) is 63.8 Å². The van der Waals surface area contributed by atoms with Gasteiger partial charge in [0.15, 0.2) is 5.82 Å². The van der Waals surface area contributed by atoms with E-state index in [0.29, 0.717) is 18.9 Å². The molecule has 0 aliphatic heterocycles. The second-order valence-electron chi connectivity index (χ2n) is 6.82. The van der Waals surface area contributed by atoms with E-state index < -0.39 is 17.3 Å². The van der Waals surface area contributed by atoms with Crippen molar-refractivity contribution in [2.24, 2.45) is 11.3 Å². The van der Waals surface area contributed by atoms with Gasteiger partial charge in [0.05, 0.1) is 6.20 Å². The number of aromatic nitrogens is 2. The number of H-pyrrole nitrogens is 1. The monoisotopic (exact) mass is 347 g/mol. The molecule has 7 heteroatoms. The third-order valence-electron chi connectivity index (χ3n) is 4.71. The molecule has 0 spiro atoms. The van der Waals surface area contributed by atoms with Gasteiger partial charge in [-0.05, 0) is 48.3 Å². The van der Waals surface area contributed by atoms with Gasteiger partial charge in [-0.3, -0.25) is 14.6 Å². The van der Waals surface area contributed by atoms with Crippen LogP contribution in [0.5, 0.6) is 0 Å². The fourth-order valence-corrected chi connectivity index (χ4v) is 3.06. The molecular formula is C18H19F2N3O2.